The van der Waals surface area contributed by atoms with Crippen molar-refractivity contribution < 1.29 is 9.15 Å². The Morgan fingerprint density at radius 2 is 2.25 bits per heavy atom. The van der Waals surface area contributed by atoms with Gasteiger partial charge in [-0.1, -0.05) is 5.21 Å². The second-order valence-electron chi connectivity index (χ2n) is 4.93. The van der Waals surface area contributed by atoms with Gasteiger partial charge in [0, 0.05) is 45.9 Å². The van der Waals surface area contributed by atoms with Crippen LogP contribution in [0.2, 0.25) is 0 Å². The second-order valence-corrected chi connectivity index (χ2v) is 4.93. The van der Waals surface area contributed by atoms with E-state index in [0.29, 0.717) is 19.7 Å². The quantitative estimate of drug-likeness (QED) is 0.247. The van der Waals surface area contributed by atoms with E-state index in [-0.39, 0.29) is 24.0 Å². The Balaban J connectivity index is 0.00000288. The number of ether oxygens (including phenoxy) is 1. The van der Waals surface area contributed by atoms with Gasteiger partial charge in [-0.3, -0.25) is 9.67 Å². The molecule has 2 heterocycles. The third-order valence-electron chi connectivity index (χ3n) is 3.13. The Kier molecular flexibility index (Phi) is 10.9. The van der Waals surface area contributed by atoms with E-state index in [4.69, 9.17) is 9.15 Å². The number of aryl methyl sites for hydroxylation is 1. The molecule has 2 aromatic heterocycles. The van der Waals surface area contributed by atoms with Crippen LogP contribution in [0.4, 0.5) is 0 Å². The van der Waals surface area contributed by atoms with E-state index in [0.717, 1.165) is 37.7 Å². The number of nitrogens with zero attached hydrogens (tertiary/aromatic N) is 4. The van der Waals surface area contributed by atoms with Crippen LogP contribution in [-0.2, 0) is 17.7 Å². The Bertz CT molecular complexity index is 544. The Hall–Kier alpha value is -1.62. The zero-order chi connectivity index (χ0) is 16.2. The molecule has 8 nitrogen and oxygen atoms in total. The van der Waals surface area contributed by atoms with Gasteiger partial charge in [-0.25, -0.2) is 0 Å². The number of nitrogens with one attached hydrogen (secondary N) is 2. The van der Waals surface area contributed by atoms with Gasteiger partial charge in [0.25, 0.3) is 0 Å². The standard InChI is InChI=1S/C15H24N6O2.HI/c1-22-13-9-18-15(17-7-5-14-4-2-12-23-14)16-6-3-10-21-11-8-19-20-21;/h2,4,8,11-12H,3,5-7,9-10,13H2,1H3,(H2,16,17,18);1H. The first kappa shape index (κ1) is 20.4. The number of rotatable bonds is 10. The maximum absolute atomic E-state index is 5.32. The van der Waals surface area contributed by atoms with Crippen LogP contribution in [-0.4, -0.2) is 54.3 Å². The van der Waals surface area contributed by atoms with Gasteiger partial charge in [0.05, 0.1) is 19.1 Å². The lowest BCUT2D eigenvalue weighted by Crippen LogP contribution is -2.40. The molecule has 0 bridgehead atoms. The first-order chi connectivity index (χ1) is 11.4. The van der Waals surface area contributed by atoms with Crippen molar-refractivity contribution in [2.45, 2.75) is 19.4 Å². The number of hydrogen-bond acceptors (Lipinski definition) is 5. The zero-order valence-corrected chi connectivity index (χ0v) is 16.2. The summed E-state index contributed by atoms with van der Waals surface area (Å²) < 4.78 is 12.2. The minimum absolute atomic E-state index is 0. The summed E-state index contributed by atoms with van der Waals surface area (Å²) in [4.78, 5) is 4.56. The summed E-state index contributed by atoms with van der Waals surface area (Å²) in [5.74, 6) is 1.74. The Labute approximate surface area is 159 Å². The molecular formula is C15H25IN6O2. The normalized spacial score (nSPS) is 11.1. The molecule has 0 aromatic carbocycles. The first-order valence-corrected chi connectivity index (χ1v) is 7.76. The van der Waals surface area contributed by atoms with Crippen LogP contribution in [0.25, 0.3) is 0 Å². The van der Waals surface area contributed by atoms with Gasteiger partial charge in [0.15, 0.2) is 5.96 Å². The lowest BCUT2D eigenvalue weighted by Gasteiger charge is -2.12. The molecule has 0 saturated carbocycles. The maximum atomic E-state index is 5.32. The summed E-state index contributed by atoms with van der Waals surface area (Å²) in [5.41, 5.74) is 0. The molecule has 2 rings (SSSR count). The van der Waals surface area contributed by atoms with Gasteiger partial charge in [0.1, 0.15) is 5.76 Å². The summed E-state index contributed by atoms with van der Waals surface area (Å²) in [6.45, 7) is 3.63. The molecular weight excluding hydrogens is 423 g/mol. The van der Waals surface area contributed by atoms with Crippen LogP contribution < -0.4 is 10.6 Å². The van der Waals surface area contributed by atoms with Crippen molar-refractivity contribution in [2.24, 2.45) is 4.99 Å². The summed E-state index contributed by atoms with van der Waals surface area (Å²) in [7, 11) is 1.68. The van der Waals surface area contributed by atoms with Crippen LogP contribution >= 0.6 is 24.0 Å². The Morgan fingerprint density at radius 1 is 1.38 bits per heavy atom. The largest absolute Gasteiger partial charge is 0.469 e. The van der Waals surface area contributed by atoms with Crippen LogP contribution in [0.5, 0.6) is 0 Å². The first-order valence-electron chi connectivity index (χ1n) is 7.76. The van der Waals surface area contributed by atoms with Gasteiger partial charge < -0.3 is 19.8 Å². The van der Waals surface area contributed by atoms with E-state index in [2.05, 4.69) is 25.9 Å². The predicted molar refractivity (Wildman–Crippen MR) is 103 cm³/mol. The highest BCUT2D eigenvalue weighted by atomic mass is 127. The highest BCUT2D eigenvalue weighted by molar-refractivity contribution is 14.0. The number of hydrogen-bond donors (Lipinski definition) is 2. The van der Waals surface area contributed by atoms with Crippen molar-refractivity contribution in [1.82, 2.24) is 25.6 Å². The van der Waals surface area contributed by atoms with E-state index in [9.17, 15) is 0 Å². The van der Waals surface area contributed by atoms with Gasteiger partial charge in [-0.2, -0.15) is 0 Å². The second kappa shape index (κ2) is 12.8. The fourth-order valence-electron chi connectivity index (χ4n) is 1.98. The minimum Gasteiger partial charge on any atom is -0.469 e. The van der Waals surface area contributed by atoms with Crippen LogP contribution in [0, 0.1) is 0 Å². The van der Waals surface area contributed by atoms with E-state index < -0.39 is 0 Å². The van der Waals surface area contributed by atoms with Crippen molar-refractivity contribution in [3.8, 4) is 0 Å². The summed E-state index contributed by atoms with van der Waals surface area (Å²) in [6, 6.07) is 3.86. The topological polar surface area (TPSA) is 89.5 Å². The lowest BCUT2D eigenvalue weighted by molar-refractivity contribution is 0.203. The summed E-state index contributed by atoms with van der Waals surface area (Å²) >= 11 is 0. The fourth-order valence-corrected chi connectivity index (χ4v) is 1.98. The molecule has 0 saturated heterocycles. The van der Waals surface area contributed by atoms with Crippen molar-refractivity contribution in [3.05, 3.63) is 36.5 Å². The maximum Gasteiger partial charge on any atom is 0.191 e. The van der Waals surface area contributed by atoms with E-state index >= 15 is 0 Å². The van der Waals surface area contributed by atoms with Crippen molar-refractivity contribution in [3.63, 3.8) is 0 Å². The molecule has 0 aliphatic carbocycles. The number of aromatic nitrogens is 3. The molecule has 0 radical (unpaired) electrons. The number of guanidine groups is 1. The van der Waals surface area contributed by atoms with Crippen LogP contribution in [0.3, 0.4) is 0 Å². The number of methoxy groups -OCH3 is 1. The summed E-state index contributed by atoms with van der Waals surface area (Å²) in [6.07, 6.45) is 6.93. The van der Waals surface area contributed by atoms with Crippen molar-refractivity contribution in [1.29, 1.82) is 0 Å². The highest BCUT2D eigenvalue weighted by Gasteiger charge is 2.00. The summed E-state index contributed by atoms with van der Waals surface area (Å²) in [5, 5.41) is 14.3. The van der Waals surface area contributed by atoms with Gasteiger partial charge in [-0.15, -0.1) is 29.1 Å². The predicted octanol–water partition coefficient (Wildman–Crippen LogP) is 1.30. The van der Waals surface area contributed by atoms with Crippen molar-refractivity contribution >= 4 is 29.9 Å². The number of furan rings is 1. The average molecular weight is 448 g/mol. The third kappa shape index (κ3) is 8.29. The minimum atomic E-state index is 0. The smallest absolute Gasteiger partial charge is 0.191 e. The van der Waals surface area contributed by atoms with E-state index in [1.165, 1.54) is 0 Å². The molecule has 134 valence electrons. The monoisotopic (exact) mass is 448 g/mol. The SMILES string of the molecule is COCCNC(=NCCCn1ccnn1)NCCc1ccco1.I. The van der Waals surface area contributed by atoms with Crippen LogP contribution in [0.1, 0.15) is 12.2 Å². The Morgan fingerprint density at radius 3 is 2.96 bits per heavy atom. The van der Waals surface area contributed by atoms with E-state index in [1.807, 2.05) is 18.3 Å². The molecule has 0 amide bonds. The zero-order valence-electron chi connectivity index (χ0n) is 13.9. The number of aliphatic imine (C=N–C) groups is 1. The van der Waals surface area contributed by atoms with Gasteiger partial charge in [0.2, 0.25) is 0 Å². The molecule has 0 spiro atoms. The third-order valence-corrected chi connectivity index (χ3v) is 3.13. The molecule has 0 aliphatic heterocycles. The lowest BCUT2D eigenvalue weighted by atomic mass is 10.3. The highest BCUT2D eigenvalue weighted by Crippen LogP contribution is 1.99. The van der Waals surface area contributed by atoms with Gasteiger partial charge >= 0.3 is 0 Å². The fraction of sp³-hybridized carbons (Fsp3) is 0.533. The molecule has 2 N–H and O–H groups in total. The molecule has 0 fully saturated rings. The number of halogens is 1. The average Bonchev–Trinajstić information content (AvgIpc) is 3.24. The van der Waals surface area contributed by atoms with Crippen molar-refractivity contribution in [2.75, 3.05) is 33.4 Å². The molecule has 0 unspecified atom stereocenters. The van der Waals surface area contributed by atoms with E-state index in [1.54, 1.807) is 24.3 Å². The molecule has 0 atom stereocenters. The molecule has 9 heteroatoms. The molecule has 0 aliphatic rings. The molecule has 2 aromatic rings. The molecule has 24 heavy (non-hydrogen) atoms. The van der Waals surface area contributed by atoms with Gasteiger partial charge in [-0.05, 0) is 18.6 Å². The van der Waals surface area contributed by atoms with Crippen LogP contribution in [0.15, 0.2) is 40.2 Å².